The summed E-state index contributed by atoms with van der Waals surface area (Å²) in [6.07, 6.45) is 0.784. The molecule has 0 radical (unpaired) electrons. The van der Waals surface area contributed by atoms with Crippen molar-refractivity contribution in [1.82, 2.24) is 9.88 Å². The van der Waals surface area contributed by atoms with E-state index in [-0.39, 0.29) is 0 Å². The minimum Gasteiger partial charge on any atom is -0.438 e. The van der Waals surface area contributed by atoms with E-state index in [2.05, 4.69) is 11.1 Å². The van der Waals surface area contributed by atoms with Crippen molar-refractivity contribution in [3.63, 3.8) is 0 Å². The lowest BCUT2D eigenvalue weighted by Gasteiger charge is -2.36. The lowest BCUT2D eigenvalue weighted by atomic mass is 9.90. The fraction of sp³-hybridized carbons (Fsp3) is 0.500. The number of aliphatic hydroxyl groups is 1. The van der Waals surface area contributed by atoms with Crippen LogP contribution >= 0.6 is 0 Å². The normalized spacial score (nSPS) is 27.7. The van der Waals surface area contributed by atoms with Crippen LogP contribution in [0.2, 0.25) is 0 Å². The zero-order valence-corrected chi connectivity index (χ0v) is 14.1. The van der Waals surface area contributed by atoms with Crippen LogP contribution in [0.1, 0.15) is 38.4 Å². The lowest BCUT2D eigenvalue weighted by Crippen LogP contribution is -2.55. The second-order valence-electron chi connectivity index (χ2n) is 6.65. The third-order valence-electron chi connectivity index (χ3n) is 5.35. The highest BCUT2D eigenvalue weighted by Crippen LogP contribution is 2.39. The van der Waals surface area contributed by atoms with Crippen molar-refractivity contribution >= 4 is 17.0 Å². The summed E-state index contributed by atoms with van der Waals surface area (Å²) < 4.78 is 5.44. The van der Waals surface area contributed by atoms with Gasteiger partial charge in [0.05, 0.1) is 0 Å². The van der Waals surface area contributed by atoms with E-state index < -0.39 is 17.4 Å². The molecule has 0 aliphatic carbocycles. The highest BCUT2D eigenvalue weighted by Gasteiger charge is 2.58. The molecule has 1 fully saturated rings. The Morgan fingerprint density at radius 1 is 1.30 bits per heavy atom. The zero-order valence-electron chi connectivity index (χ0n) is 14.1. The van der Waals surface area contributed by atoms with Gasteiger partial charge in [-0.25, -0.2) is 4.79 Å². The number of aromatic amines is 1. The van der Waals surface area contributed by atoms with E-state index in [0.717, 1.165) is 16.6 Å². The van der Waals surface area contributed by atoms with Crippen LogP contribution in [0.5, 0.6) is 0 Å². The number of H-pyrrole nitrogens is 1. The number of aryl methyl sites for hydroxylation is 1. The van der Waals surface area contributed by atoms with Gasteiger partial charge in [-0.1, -0.05) is 25.1 Å². The van der Waals surface area contributed by atoms with Crippen LogP contribution in [-0.2, 0) is 11.2 Å². The number of ether oxygens (including phenoxy) is 1. The van der Waals surface area contributed by atoms with Gasteiger partial charge in [-0.2, -0.15) is 0 Å². The van der Waals surface area contributed by atoms with E-state index in [1.165, 1.54) is 10.5 Å². The van der Waals surface area contributed by atoms with Gasteiger partial charge >= 0.3 is 6.09 Å². The molecule has 2 heterocycles. The second kappa shape index (κ2) is 5.27. The summed E-state index contributed by atoms with van der Waals surface area (Å²) in [7, 11) is 0. The number of cyclic esters (lactones) is 1. The topological polar surface area (TPSA) is 65.6 Å². The van der Waals surface area contributed by atoms with Gasteiger partial charge in [0.1, 0.15) is 0 Å². The molecule has 1 amide bonds. The highest BCUT2D eigenvalue weighted by atomic mass is 16.6. The molecular formula is C18H24N2O3. The maximum Gasteiger partial charge on any atom is 0.412 e. The van der Waals surface area contributed by atoms with Crippen LogP contribution in [0.25, 0.3) is 10.9 Å². The fourth-order valence-electron chi connectivity index (χ4n) is 3.40. The average Bonchev–Trinajstić information content (AvgIpc) is 2.90. The number of hydrogen-bond acceptors (Lipinski definition) is 3. The maximum atomic E-state index is 12.2. The number of rotatable bonds is 4. The van der Waals surface area contributed by atoms with Crippen LogP contribution in [0, 0.1) is 6.92 Å². The average molecular weight is 316 g/mol. The van der Waals surface area contributed by atoms with Crippen LogP contribution in [-0.4, -0.2) is 39.0 Å². The standard InChI is InChI=1S/C18H24N2O3/c1-5-17(3)18(4,22)20(16(21)23-17)11-10-13-12(2)19-15-9-7-6-8-14(13)15/h6-9,19,22H,5,10-11H2,1-4H3/t17-,18+/m1/s1. The predicted molar refractivity (Wildman–Crippen MR) is 89.2 cm³/mol. The summed E-state index contributed by atoms with van der Waals surface area (Å²) in [4.78, 5) is 17.0. The van der Waals surface area contributed by atoms with Crippen molar-refractivity contribution in [3.05, 3.63) is 35.5 Å². The van der Waals surface area contributed by atoms with Crippen molar-refractivity contribution in [2.75, 3.05) is 6.54 Å². The Kier molecular flexibility index (Phi) is 3.64. The van der Waals surface area contributed by atoms with Crippen LogP contribution in [0.15, 0.2) is 24.3 Å². The Morgan fingerprint density at radius 3 is 2.65 bits per heavy atom. The van der Waals surface area contributed by atoms with E-state index >= 15 is 0 Å². The van der Waals surface area contributed by atoms with E-state index in [1.807, 2.05) is 32.0 Å². The molecular weight excluding hydrogens is 292 g/mol. The first-order chi connectivity index (χ1) is 10.8. The first kappa shape index (κ1) is 15.9. The molecule has 2 N–H and O–H groups in total. The van der Waals surface area contributed by atoms with Gasteiger partial charge in [-0.05, 0) is 45.2 Å². The van der Waals surface area contributed by atoms with Crippen molar-refractivity contribution in [1.29, 1.82) is 0 Å². The van der Waals surface area contributed by atoms with Crippen LogP contribution in [0.4, 0.5) is 4.79 Å². The van der Waals surface area contributed by atoms with E-state index in [1.54, 1.807) is 13.8 Å². The molecule has 0 unspecified atom stereocenters. The molecule has 1 aliphatic rings. The Hall–Kier alpha value is -2.01. The number of amides is 1. The number of carbonyl (C=O) groups excluding carboxylic acids is 1. The molecule has 0 saturated carbocycles. The molecule has 23 heavy (non-hydrogen) atoms. The molecule has 1 aromatic carbocycles. The first-order valence-corrected chi connectivity index (χ1v) is 8.09. The molecule has 0 spiro atoms. The zero-order chi connectivity index (χ0) is 16.8. The summed E-state index contributed by atoms with van der Waals surface area (Å²) in [5, 5.41) is 12.0. The number of fused-ring (bicyclic) bond motifs is 1. The van der Waals surface area contributed by atoms with E-state index in [0.29, 0.717) is 19.4 Å². The predicted octanol–water partition coefficient (Wildman–Crippen LogP) is 3.35. The number of hydrogen-bond donors (Lipinski definition) is 2. The maximum absolute atomic E-state index is 12.2. The Morgan fingerprint density at radius 2 is 2.00 bits per heavy atom. The third-order valence-corrected chi connectivity index (χ3v) is 5.35. The lowest BCUT2D eigenvalue weighted by molar-refractivity contribution is -0.137. The molecule has 5 nitrogen and oxygen atoms in total. The van der Waals surface area contributed by atoms with E-state index in [9.17, 15) is 9.90 Å². The van der Waals surface area contributed by atoms with Gasteiger partial charge in [0.25, 0.3) is 0 Å². The van der Waals surface area contributed by atoms with Crippen LogP contribution in [0.3, 0.4) is 0 Å². The van der Waals surface area contributed by atoms with Gasteiger partial charge in [-0.3, -0.25) is 4.90 Å². The Balaban J connectivity index is 1.85. The summed E-state index contributed by atoms with van der Waals surface area (Å²) in [6, 6.07) is 8.12. The molecule has 124 valence electrons. The molecule has 2 aromatic rings. The summed E-state index contributed by atoms with van der Waals surface area (Å²) >= 11 is 0. The fourth-order valence-corrected chi connectivity index (χ4v) is 3.40. The minimum absolute atomic E-state index is 0.421. The highest BCUT2D eigenvalue weighted by molar-refractivity contribution is 5.84. The summed E-state index contributed by atoms with van der Waals surface area (Å²) in [5.41, 5.74) is 1.18. The second-order valence-corrected chi connectivity index (χ2v) is 6.65. The Labute approximate surface area is 136 Å². The van der Waals surface area contributed by atoms with Crippen molar-refractivity contribution < 1.29 is 14.6 Å². The monoisotopic (exact) mass is 316 g/mol. The number of para-hydroxylation sites is 1. The number of aromatic nitrogens is 1. The van der Waals surface area contributed by atoms with Gasteiger partial charge in [0.15, 0.2) is 11.3 Å². The van der Waals surface area contributed by atoms with Gasteiger partial charge < -0.3 is 14.8 Å². The molecule has 5 heteroatoms. The quantitative estimate of drug-likeness (QED) is 0.909. The number of benzene rings is 1. The van der Waals surface area contributed by atoms with Gasteiger partial charge in [-0.15, -0.1) is 0 Å². The molecule has 2 atom stereocenters. The molecule has 0 bridgehead atoms. The van der Waals surface area contributed by atoms with E-state index in [4.69, 9.17) is 4.74 Å². The SMILES string of the molecule is CC[C@@]1(C)OC(=O)N(CCc2c(C)[nH]c3ccccc23)[C@@]1(C)O. The Bertz CT molecular complexity index is 750. The van der Waals surface area contributed by atoms with Crippen molar-refractivity contribution in [2.45, 2.75) is 51.9 Å². The minimum atomic E-state index is -1.31. The smallest absolute Gasteiger partial charge is 0.412 e. The van der Waals surface area contributed by atoms with Gasteiger partial charge in [0, 0.05) is 23.1 Å². The number of carbonyl (C=O) groups is 1. The summed E-state index contributed by atoms with van der Waals surface area (Å²) in [6.45, 7) is 7.80. The summed E-state index contributed by atoms with van der Waals surface area (Å²) in [5.74, 6) is 0. The van der Waals surface area contributed by atoms with Crippen LogP contribution < -0.4 is 0 Å². The third kappa shape index (κ3) is 2.30. The molecule has 1 aliphatic heterocycles. The molecule has 3 rings (SSSR count). The molecule has 1 saturated heterocycles. The van der Waals surface area contributed by atoms with Gasteiger partial charge in [0.2, 0.25) is 0 Å². The van der Waals surface area contributed by atoms with Crippen molar-refractivity contribution in [3.8, 4) is 0 Å². The van der Waals surface area contributed by atoms with Crippen molar-refractivity contribution in [2.24, 2.45) is 0 Å². The first-order valence-electron chi connectivity index (χ1n) is 8.09. The largest absolute Gasteiger partial charge is 0.438 e. The number of nitrogens with zero attached hydrogens (tertiary/aromatic N) is 1. The molecule has 1 aromatic heterocycles. The number of nitrogens with one attached hydrogen (secondary N) is 1.